The molecule has 0 radical (unpaired) electrons. The molecule has 3 heteroatoms. The fourth-order valence-electron chi connectivity index (χ4n) is 1.49. The van der Waals surface area contributed by atoms with Gasteiger partial charge in [0.2, 0.25) is 5.91 Å². The second kappa shape index (κ2) is 5.00. The van der Waals surface area contributed by atoms with Crippen LogP contribution in [-0.4, -0.2) is 16.8 Å². The summed E-state index contributed by atoms with van der Waals surface area (Å²) in [6.45, 7) is 8.43. The third kappa shape index (κ3) is 3.08. The molecule has 0 N–H and O–H groups in total. The Morgan fingerprint density at radius 2 is 1.81 bits per heavy atom. The molecular formula is C13H18BrNO. The first-order chi connectivity index (χ1) is 7.36. The highest BCUT2D eigenvalue weighted by Gasteiger charge is 2.29. The Hall–Kier alpha value is -0.830. The zero-order chi connectivity index (χ0) is 12.3. The van der Waals surface area contributed by atoms with E-state index in [2.05, 4.69) is 15.9 Å². The summed E-state index contributed by atoms with van der Waals surface area (Å²) in [4.78, 5) is 13.9. The van der Waals surface area contributed by atoms with Crippen LogP contribution in [0.5, 0.6) is 0 Å². The monoisotopic (exact) mass is 283 g/mol. The summed E-state index contributed by atoms with van der Waals surface area (Å²) in [7, 11) is 0. The summed E-state index contributed by atoms with van der Waals surface area (Å²) in [5.41, 5.74) is 2.15. The molecule has 0 aliphatic heterocycles. The number of nitrogens with zero attached hydrogens (tertiary/aromatic N) is 1. The number of benzene rings is 1. The molecule has 0 bridgehead atoms. The molecule has 0 spiro atoms. The lowest BCUT2D eigenvalue weighted by atomic mass is 10.1. The van der Waals surface area contributed by atoms with Crippen molar-refractivity contribution in [1.29, 1.82) is 0 Å². The molecule has 0 unspecified atom stereocenters. The van der Waals surface area contributed by atoms with Gasteiger partial charge in [-0.05, 0) is 39.8 Å². The Morgan fingerprint density at radius 3 is 2.19 bits per heavy atom. The number of hydrogen-bond acceptors (Lipinski definition) is 1. The Morgan fingerprint density at radius 1 is 1.31 bits per heavy atom. The van der Waals surface area contributed by atoms with Crippen LogP contribution >= 0.6 is 15.9 Å². The van der Waals surface area contributed by atoms with Crippen LogP contribution in [-0.2, 0) is 4.79 Å². The van der Waals surface area contributed by atoms with Gasteiger partial charge in [0.05, 0.1) is 4.32 Å². The van der Waals surface area contributed by atoms with Gasteiger partial charge in [-0.25, -0.2) is 0 Å². The van der Waals surface area contributed by atoms with Gasteiger partial charge in [-0.3, -0.25) is 4.79 Å². The van der Waals surface area contributed by atoms with Crippen LogP contribution in [0, 0.1) is 6.92 Å². The molecule has 0 aliphatic carbocycles. The van der Waals surface area contributed by atoms with Gasteiger partial charge >= 0.3 is 0 Å². The van der Waals surface area contributed by atoms with E-state index in [4.69, 9.17) is 0 Å². The topological polar surface area (TPSA) is 20.3 Å². The SMILES string of the molecule is CCN(C(=O)C(C)(C)Br)c1ccc(C)cc1. The fourth-order valence-corrected chi connectivity index (χ4v) is 1.70. The predicted molar refractivity (Wildman–Crippen MR) is 72.2 cm³/mol. The van der Waals surface area contributed by atoms with Crippen molar-refractivity contribution in [3.8, 4) is 0 Å². The molecule has 0 aromatic heterocycles. The van der Waals surface area contributed by atoms with Crippen molar-refractivity contribution in [2.24, 2.45) is 0 Å². The molecule has 88 valence electrons. The van der Waals surface area contributed by atoms with Crippen molar-refractivity contribution in [1.82, 2.24) is 0 Å². The number of carbonyl (C=O) groups is 1. The lowest BCUT2D eigenvalue weighted by Gasteiger charge is -2.27. The normalized spacial score (nSPS) is 11.3. The number of halogens is 1. The molecule has 16 heavy (non-hydrogen) atoms. The van der Waals surface area contributed by atoms with Crippen LogP contribution in [0.4, 0.5) is 5.69 Å². The first-order valence-corrected chi connectivity index (χ1v) is 6.23. The molecule has 2 nitrogen and oxygen atoms in total. The molecule has 0 fully saturated rings. The zero-order valence-electron chi connectivity index (χ0n) is 10.2. The lowest BCUT2D eigenvalue weighted by Crippen LogP contribution is -2.41. The first-order valence-electron chi connectivity index (χ1n) is 5.44. The minimum absolute atomic E-state index is 0.0823. The Kier molecular flexibility index (Phi) is 4.14. The zero-order valence-corrected chi connectivity index (χ0v) is 11.8. The van der Waals surface area contributed by atoms with Gasteiger partial charge in [0.15, 0.2) is 0 Å². The van der Waals surface area contributed by atoms with E-state index in [0.29, 0.717) is 6.54 Å². The Balaban J connectivity index is 2.99. The predicted octanol–water partition coefficient (Wildman–Crippen LogP) is 3.52. The van der Waals surface area contributed by atoms with Gasteiger partial charge in [0.25, 0.3) is 0 Å². The molecule has 1 aromatic rings. The first kappa shape index (κ1) is 13.2. The minimum Gasteiger partial charge on any atom is -0.312 e. The smallest absolute Gasteiger partial charge is 0.243 e. The van der Waals surface area contributed by atoms with Crippen LogP contribution < -0.4 is 4.90 Å². The number of carbonyl (C=O) groups excluding carboxylic acids is 1. The minimum atomic E-state index is -0.520. The van der Waals surface area contributed by atoms with Crippen molar-refractivity contribution in [2.45, 2.75) is 32.0 Å². The van der Waals surface area contributed by atoms with E-state index in [1.807, 2.05) is 52.0 Å². The van der Waals surface area contributed by atoms with Crippen LogP contribution in [0.3, 0.4) is 0 Å². The van der Waals surface area contributed by atoms with Crippen molar-refractivity contribution in [2.75, 3.05) is 11.4 Å². The molecule has 0 saturated heterocycles. The number of amides is 1. The average Bonchev–Trinajstić information content (AvgIpc) is 2.20. The quantitative estimate of drug-likeness (QED) is 0.778. The second-order valence-corrected chi connectivity index (χ2v) is 6.34. The molecule has 1 amide bonds. The number of alkyl halides is 1. The maximum Gasteiger partial charge on any atom is 0.243 e. The van der Waals surface area contributed by atoms with Crippen LogP contribution in [0.1, 0.15) is 26.3 Å². The van der Waals surface area contributed by atoms with Gasteiger partial charge in [0.1, 0.15) is 0 Å². The van der Waals surface area contributed by atoms with Crippen LogP contribution in [0.2, 0.25) is 0 Å². The van der Waals surface area contributed by atoms with Gasteiger partial charge in [-0.1, -0.05) is 33.6 Å². The highest BCUT2D eigenvalue weighted by Crippen LogP contribution is 2.24. The average molecular weight is 284 g/mol. The number of aryl methyl sites for hydroxylation is 1. The molecule has 0 aliphatic rings. The van der Waals surface area contributed by atoms with Crippen LogP contribution in [0.25, 0.3) is 0 Å². The third-order valence-corrected chi connectivity index (χ3v) is 2.75. The fraction of sp³-hybridized carbons (Fsp3) is 0.462. The Labute approximate surface area is 106 Å². The number of anilines is 1. The summed E-state index contributed by atoms with van der Waals surface area (Å²) in [5.74, 6) is 0.0823. The van der Waals surface area contributed by atoms with Gasteiger partial charge in [-0.15, -0.1) is 0 Å². The number of rotatable bonds is 3. The maximum absolute atomic E-state index is 12.2. The largest absolute Gasteiger partial charge is 0.312 e. The molecule has 0 atom stereocenters. The lowest BCUT2D eigenvalue weighted by molar-refractivity contribution is -0.119. The molecule has 0 saturated carbocycles. The van der Waals surface area contributed by atoms with E-state index in [0.717, 1.165) is 5.69 Å². The highest BCUT2D eigenvalue weighted by molar-refractivity contribution is 9.10. The second-order valence-electron chi connectivity index (χ2n) is 4.36. The number of hydrogen-bond donors (Lipinski definition) is 0. The molecule has 0 heterocycles. The Bertz CT molecular complexity index is 365. The van der Waals surface area contributed by atoms with Crippen molar-refractivity contribution in [3.05, 3.63) is 29.8 Å². The molecule has 1 aromatic carbocycles. The van der Waals surface area contributed by atoms with E-state index in [1.54, 1.807) is 4.90 Å². The third-order valence-electron chi connectivity index (χ3n) is 2.42. The van der Waals surface area contributed by atoms with E-state index in [-0.39, 0.29) is 5.91 Å². The summed E-state index contributed by atoms with van der Waals surface area (Å²) in [5, 5.41) is 0. The van der Waals surface area contributed by atoms with E-state index in [9.17, 15) is 4.79 Å². The van der Waals surface area contributed by atoms with E-state index >= 15 is 0 Å². The summed E-state index contributed by atoms with van der Waals surface area (Å²) < 4.78 is -0.520. The van der Waals surface area contributed by atoms with Crippen molar-refractivity contribution < 1.29 is 4.79 Å². The van der Waals surface area contributed by atoms with E-state index < -0.39 is 4.32 Å². The van der Waals surface area contributed by atoms with Gasteiger partial charge in [-0.2, -0.15) is 0 Å². The van der Waals surface area contributed by atoms with Gasteiger partial charge < -0.3 is 4.90 Å². The van der Waals surface area contributed by atoms with Gasteiger partial charge in [0, 0.05) is 12.2 Å². The standard InChI is InChI=1S/C13H18BrNO/c1-5-15(12(16)13(3,4)14)11-8-6-10(2)7-9-11/h6-9H,5H2,1-4H3. The van der Waals surface area contributed by atoms with Crippen molar-refractivity contribution in [3.63, 3.8) is 0 Å². The van der Waals surface area contributed by atoms with Crippen molar-refractivity contribution >= 4 is 27.5 Å². The van der Waals surface area contributed by atoms with Crippen LogP contribution in [0.15, 0.2) is 24.3 Å². The molecular weight excluding hydrogens is 266 g/mol. The summed E-state index contributed by atoms with van der Waals surface area (Å²) in [6.07, 6.45) is 0. The van der Waals surface area contributed by atoms with E-state index in [1.165, 1.54) is 5.56 Å². The maximum atomic E-state index is 12.2. The summed E-state index contributed by atoms with van der Waals surface area (Å²) >= 11 is 3.41. The summed E-state index contributed by atoms with van der Waals surface area (Å²) in [6, 6.07) is 8.00. The molecule has 1 rings (SSSR count). The highest BCUT2D eigenvalue weighted by atomic mass is 79.9.